The summed E-state index contributed by atoms with van der Waals surface area (Å²) in [5, 5.41) is 10.7. The average molecular weight is 351 g/mol. The van der Waals surface area contributed by atoms with Crippen LogP contribution in [0, 0.1) is 13.8 Å². The number of anilines is 2. The molecule has 0 spiro atoms. The molecule has 4 nitrogen and oxygen atoms in total. The summed E-state index contributed by atoms with van der Waals surface area (Å²) < 4.78 is 0. The molecule has 1 fully saturated rings. The van der Waals surface area contributed by atoms with Gasteiger partial charge in [0, 0.05) is 50.0 Å². The van der Waals surface area contributed by atoms with Crippen molar-refractivity contribution in [3.63, 3.8) is 0 Å². The van der Waals surface area contributed by atoms with Crippen LogP contribution < -0.4 is 10.6 Å². The SMILES string of the molecule is Cc1ccc(C)c(N2CCN(C3Cc4ccc(N)cc4CC3O)CC2)c1. The van der Waals surface area contributed by atoms with Crippen molar-refractivity contribution in [3.8, 4) is 0 Å². The summed E-state index contributed by atoms with van der Waals surface area (Å²) in [6, 6.07) is 13.0. The van der Waals surface area contributed by atoms with Gasteiger partial charge in [0.1, 0.15) is 0 Å². The maximum absolute atomic E-state index is 10.7. The molecule has 0 bridgehead atoms. The molecule has 3 N–H and O–H groups in total. The molecule has 1 heterocycles. The van der Waals surface area contributed by atoms with E-state index in [4.69, 9.17) is 5.73 Å². The minimum Gasteiger partial charge on any atom is -0.399 e. The van der Waals surface area contributed by atoms with E-state index in [1.54, 1.807) is 0 Å². The first-order valence-electron chi connectivity index (χ1n) is 9.63. The van der Waals surface area contributed by atoms with Gasteiger partial charge in [0.2, 0.25) is 0 Å². The lowest BCUT2D eigenvalue weighted by atomic mass is 9.85. The number of benzene rings is 2. The highest BCUT2D eigenvalue weighted by Crippen LogP contribution is 2.29. The summed E-state index contributed by atoms with van der Waals surface area (Å²) in [6.07, 6.45) is 1.32. The summed E-state index contributed by atoms with van der Waals surface area (Å²) in [7, 11) is 0. The van der Waals surface area contributed by atoms with Crippen LogP contribution in [0.5, 0.6) is 0 Å². The van der Waals surface area contributed by atoms with Crippen molar-refractivity contribution in [2.75, 3.05) is 36.8 Å². The molecular formula is C22H29N3O. The van der Waals surface area contributed by atoms with Gasteiger partial charge in [-0.05, 0) is 60.7 Å². The van der Waals surface area contributed by atoms with Gasteiger partial charge in [-0.2, -0.15) is 0 Å². The summed E-state index contributed by atoms with van der Waals surface area (Å²) in [5.74, 6) is 0. The highest BCUT2D eigenvalue weighted by molar-refractivity contribution is 5.55. The average Bonchev–Trinajstić information content (AvgIpc) is 2.63. The first kappa shape index (κ1) is 17.4. The van der Waals surface area contributed by atoms with E-state index >= 15 is 0 Å². The minimum atomic E-state index is -0.309. The number of nitrogen functional groups attached to an aromatic ring is 1. The number of rotatable bonds is 2. The molecule has 1 aliphatic heterocycles. The summed E-state index contributed by atoms with van der Waals surface area (Å²) in [5.41, 5.74) is 13.2. The molecule has 4 heteroatoms. The van der Waals surface area contributed by atoms with Crippen molar-refractivity contribution in [2.24, 2.45) is 0 Å². The topological polar surface area (TPSA) is 52.7 Å². The van der Waals surface area contributed by atoms with E-state index in [0.29, 0.717) is 6.42 Å². The molecule has 0 saturated carbocycles. The van der Waals surface area contributed by atoms with Crippen LogP contribution in [0.15, 0.2) is 36.4 Å². The number of aliphatic hydroxyl groups is 1. The van der Waals surface area contributed by atoms with Crippen molar-refractivity contribution >= 4 is 11.4 Å². The predicted molar refractivity (Wildman–Crippen MR) is 108 cm³/mol. The second-order valence-electron chi connectivity index (χ2n) is 7.88. The lowest BCUT2D eigenvalue weighted by molar-refractivity contribution is 0.0395. The lowest BCUT2D eigenvalue weighted by Crippen LogP contribution is -2.56. The molecule has 138 valence electrons. The Balaban J connectivity index is 1.45. The monoisotopic (exact) mass is 351 g/mol. The molecule has 26 heavy (non-hydrogen) atoms. The standard InChI is InChI=1S/C22H29N3O/c1-15-3-4-16(2)20(11-15)24-7-9-25(10-8-24)21-13-17-5-6-19(23)12-18(17)14-22(21)26/h3-6,11-12,21-22,26H,7-10,13-14,23H2,1-2H3. The van der Waals surface area contributed by atoms with E-state index in [1.807, 2.05) is 12.1 Å². The van der Waals surface area contributed by atoms with Gasteiger partial charge < -0.3 is 15.7 Å². The van der Waals surface area contributed by atoms with Crippen LogP contribution in [-0.2, 0) is 12.8 Å². The van der Waals surface area contributed by atoms with E-state index < -0.39 is 0 Å². The van der Waals surface area contributed by atoms with Gasteiger partial charge in [0.25, 0.3) is 0 Å². The third-order valence-corrected chi connectivity index (χ3v) is 6.02. The van der Waals surface area contributed by atoms with Crippen molar-refractivity contribution in [3.05, 3.63) is 58.7 Å². The zero-order valence-electron chi connectivity index (χ0n) is 15.8. The second-order valence-corrected chi connectivity index (χ2v) is 7.88. The quantitative estimate of drug-likeness (QED) is 0.817. The van der Waals surface area contributed by atoms with E-state index in [9.17, 15) is 5.11 Å². The van der Waals surface area contributed by atoms with Gasteiger partial charge in [-0.25, -0.2) is 0 Å². The Morgan fingerprint density at radius 2 is 1.69 bits per heavy atom. The lowest BCUT2D eigenvalue weighted by Gasteiger charge is -2.44. The molecule has 0 amide bonds. The number of nitrogens with two attached hydrogens (primary N) is 1. The number of hydrogen-bond acceptors (Lipinski definition) is 4. The predicted octanol–water partition coefficient (Wildman–Crippen LogP) is 2.54. The maximum atomic E-state index is 10.7. The Labute approximate surface area is 156 Å². The number of aliphatic hydroxyl groups excluding tert-OH is 1. The van der Waals surface area contributed by atoms with Crippen LogP contribution in [-0.4, -0.2) is 48.3 Å². The molecule has 1 aliphatic carbocycles. The highest BCUT2D eigenvalue weighted by atomic mass is 16.3. The van der Waals surface area contributed by atoms with Crippen molar-refractivity contribution in [1.82, 2.24) is 4.90 Å². The molecule has 2 unspecified atom stereocenters. The molecule has 2 aromatic rings. The zero-order chi connectivity index (χ0) is 18.3. The zero-order valence-corrected chi connectivity index (χ0v) is 15.8. The van der Waals surface area contributed by atoms with Crippen molar-refractivity contribution in [2.45, 2.75) is 38.8 Å². The minimum absolute atomic E-state index is 0.215. The molecule has 0 radical (unpaired) electrons. The summed E-state index contributed by atoms with van der Waals surface area (Å²) in [6.45, 7) is 8.37. The molecule has 0 aromatic heterocycles. The molecule has 2 aromatic carbocycles. The Morgan fingerprint density at radius 1 is 0.923 bits per heavy atom. The Kier molecular flexibility index (Phi) is 4.63. The van der Waals surface area contributed by atoms with E-state index in [-0.39, 0.29) is 12.1 Å². The maximum Gasteiger partial charge on any atom is 0.0739 e. The number of piperazine rings is 1. The van der Waals surface area contributed by atoms with Gasteiger partial charge >= 0.3 is 0 Å². The van der Waals surface area contributed by atoms with E-state index in [0.717, 1.165) is 38.3 Å². The van der Waals surface area contributed by atoms with Crippen LogP contribution >= 0.6 is 0 Å². The number of aryl methyl sites for hydroxylation is 2. The van der Waals surface area contributed by atoms with Crippen LogP contribution in [0.25, 0.3) is 0 Å². The van der Waals surface area contributed by atoms with E-state index in [1.165, 1.54) is 27.9 Å². The van der Waals surface area contributed by atoms with Gasteiger partial charge in [0.05, 0.1) is 6.10 Å². The molecule has 1 saturated heterocycles. The number of hydrogen-bond donors (Lipinski definition) is 2. The van der Waals surface area contributed by atoms with Gasteiger partial charge in [0.15, 0.2) is 0 Å². The van der Waals surface area contributed by atoms with Crippen molar-refractivity contribution < 1.29 is 5.11 Å². The Morgan fingerprint density at radius 3 is 2.46 bits per heavy atom. The van der Waals surface area contributed by atoms with Crippen LogP contribution in [0.2, 0.25) is 0 Å². The van der Waals surface area contributed by atoms with E-state index in [2.05, 4.69) is 47.9 Å². The van der Waals surface area contributed by atoms with Gasteiger partial charge in [-0.1, -0.05) is 18.2 Å². The highest BCUT2D eigenvalue weighted by Gasteiger charge is 2.33. The molecular weight excluding hydrogens is 322 g/mol. The van der Waals surface area contributed by atoms with Gasteiger partial charge in [-0.3, -0.25) is 4.90 Å². The molecule has 2 atom stereocenters. The molecule has 2 aliphatic rings. The van der Waals surface area contributed by atoms with Crippen LogP contribution in [0.3, 0.4) is 0 Å². The first-order valence-corrected chi connectivity index (χ1v) is 9.63. The second kappa shape index (κ2) is 6.93. The smallest absolute Gasteiger partial charge is 0.0739 e. The third-order valence-electron chi connectivity index (χ3n) is 6.02. The summed E-state index contributed by atoms with van der Waals surface area (Å²) >= 11 is 0. The number of fused-ring (bicyclic) bond motifs is 1. The first-order chi connectivity index (χ1) is 12.5. The molecule has 4 rings (SSSR count). The fraction of sp³-hybridized carbons (Fsp3) is 0.455. The summed E-state index contributed by atoms with van der Waals surface area (Å²) in [4.78, 5) is 4.97. The Hall–Kier alpha value is -2.04. The third kappa shape index (κ3) is 3.31. The number of nitrogens with zero attached hydrogens (tertiary/aromatic N) is 2. The van der Waals surface area contributed by atoms with Crippen LogP contribution in [0.1, 0.15) is 22.3 Å². The fourth-order valence-electron chi connectivity index (χ4n) is 4.48. The van der Waals surface area contributed by atoms with Crippen molar-refractivity contribution in [1.29, 1.82) is 0 Å². The van der Waals surface area contributed by atoms with Gasteiger partial charge in [-0.15, -0.1) is 0 Å². The largest absolute Gasteiger partial charge is 0.399 e. The Bertz CT molecular complexity index is 796. The fourth-order valence-corrected chi connectivity index (χ4v) is 4.48. The normalized spacial score (nSPS) is 23.7. The van der Waals surface area contributed by atoms with Crippen LogP contribution in [0.4, 0.5) is 11.4 Å².